The zero-order valence-corrected chi connectivity index (χ0v) is 7.61. The Hall–Kier alpha value is 0.0500. The van der Waals surface area contributed by atoms with Gasteiger partial charge in [0.05, 0.1) is 0 Å². The van der Waals surface area contributed by atoms with Gasteiger partial charge in [0.25, 0.3) is 0 Å². The van der Waals surface area contributed by atoms with Crippen molar-refractivity contribution >= 4 is 29.1 Å². The first kappa shape index (κ1) is 10.0. The van der Waals surface area contributed by atoms with Crippen LogP contribution in [0.15, 0.2) is 0 Å². The van der Waals surface area contributed by atoms with Crippen LogP contribution in [-0.4, -0.2) is 29.7 Å². The molecular formula is C6H11Cl2NO. The van der Waals surface area contributed by atoms with E-state index in [1.165, 1.54) is 4.90 Å². The van der Waals surface area contributed by atoms with E-state index in [-0.39, 0.29) is 5.91 Å². The third kappa shape index (κ3) is 4.89. The summed E-state index contributed by atoms with van der Waals surface area (Å²) in [4.78, 5) is 12.0. The van der Waals surface area contributed by atoms with Crippen molar-refractivity contribution in [1.82, 2.24) is 4.90 Å². The molecule has 0 heterocycles. The van der Waals surface area contributed by atoms with E-state index in [0.29, 0.717) is 12.8 Å². The Kier molecular flexibility index (Phi) is 4.83. The molecule has 0 aliphatic heterocycles. The van der Waals surface area contributed by atoms with Gasteiger partial charge in [0.2, 0.25) is 5.91 Å². The van der Waals surface area contributed by atoms with E-state index in [1.807, 2.05) is 0 Å². The zero-order chi connectivity index (χ0) is 8.15. The second kappa shape index (κ2) is 4.80. The van der Waals surface area contributed by atoms with Crippen LogP contribution < -0.4 is 0 Å². The van der Waals surface area contributed by atoms with Gasteiger partial charge in [-0.25, -0.2) is 0 Å². The highest BCUT2D eigenvalue weighted by atomic mass is 35.5. The first-order valence-electron chi connectivity index (χ1n) is 3.02. The summed E-state index contributed by atoms with van der Waals surface area (Å²) in [6.45, 7) is 0. The number of nitrogens with zero attached hydrogens (tertiary/aromatic N) is 1. The molecule has 0 saturated heterocycles. The normalized spacial score (nSPS) is 10.1. The standard InChI is InChI=1S/C6H11Cl2NO/c1-9(2)6(10)4-3-5(7)8/h5H,3-4H2,1-2H3. The summed E-state index contributed by atoms with van der Waals surface area (Å²) in [5.41, 5.74) is 0. The van der Waals surface area contributed by atoms with Crippen molar-refractivity contribution in [3.05, 3.63) is 0 Å². The predicted molar refractivity (Wildman–Crippen MR) is 43.4 cm³/mol. The summed E-state index contributed by atoms with van der Waals surface area (Å²) in [6.07, 6.45) is 0.949. The third-order valence-corrected chi connectivity index (χ3v) is 1.51. The number of hydrogen-bond donors (Lipinski definition) is 0. The maximum absolute atomic E-state index is 10.9. The van der Waals surface area contributed by atoms with Crippen LogP contribution in [0.3, 0.4) is 0 Å². The van der Waals surface area contributed by atoms with E-state index in [4.69, 9.17) is 23.2 Å². The van der Waals surface area contributed by atoms with Crippen molar-refractivity contribution in [3.63, 3.8) is 0 Å². The molecule has 0 spiro atoms. The van der Waals surface area contributed by atoms with Crippen molar-refractivity contribution in [2.45, 2.75) is 17.7 Å². The van der Waals surface area contributed by atoms with E-state index in [2.05, 4.69) is 0 Å². The summed E-state index contributed by atoms with van der Waals surface area (Å²) in [6, 6.07) is 0. The Balaban J connectivity index is 3.40. The van der Waals surface area contributed by atoms with Gasteiger partial charge in [0, 0.05) is 20.5 Å². The van der Waals surface area contributed by atoms with Crippen molar-refractivity contribution < 1.29 is 4.79 Å². The molecule has 0 aromatic heterocycles. The lowest BCUT2D eigenvalue weighted by Crippen LogP contribution is -2.21. The van der Waals surface area contributed by atoms with E-state index in [1.54, 1.807) is 14.1 Å². The van der Waals surface area contributed by atoms with Crippen molar-refractivity contribution in [1.29, 1.82) is 0 Å². The monoisotopic (exact) mass is 183 g/mol. The fraction of sp³-hybridized carbons (Fsp3) is 0.833. The summed E-state index contributed by atoms with van der Waals surface area (Å²) >= 11 is 10.8. The van der Waals surface area contributed by atoms with Crippen LogP contribution in [0.2, 0.25) is 0 Å². The zero-order valence-electron chi connectivity index (χ0n) is 6.10. The first-order chi connectivity index (χ1) is 4.54. The number of hydrogen-bond acceptors (Lipinski definition) is 1. The fourth-order valence-electron chi connectivity index (χ4n) is 0.456. The quantitative estimate of drug-likeness (QED) is 0.610. The first-order valence-corrected chi connectivity index (χ1v) is 3.89. The van der Waals surface area contributed by atoms with E-state index in [9.17, 15) is 4.79 Å². The molecule has 0 bridgehead atoms. The fourth-order valence-corrected chi connectivity index (χ4v) is 0.674. The predicted octanol–water partition coefficient (Wildman–Crippen LogP) is 1.66. The topological polar surface area (TPSA) is 20.3 Å². The van der Waals surface area contributed by atoms with Crippen molar-refractivity contribution in [2.75, 3.05) is 14.1 Å². The number of halogens is 2. The summed E-state index contributed by atoms with van der Waals surface area (Å²) in [5.74, 6) is 0.0614. The highest BCUT2D eigenvalue weighted by Crippen LogP contribution is 2.09. The minimum atomic E-state index is -0.427. The van der Waals surface area contributed by atoms with Gasteiger partial charge < -0.3 is 4.90 Å². The van der Waals surface area contributed by atoms with Crippen molar-refractivity contribution in [2.24, 2.45) is 0 Å². The molecule has 1 amide bonds. The highest BCUT2D eigenvalue weighted by molar-refractivity contribution is 6.44. The molecule has 0 saturated carbocycles. The molecule has 60 valence electrons. The molecule has 4 heteroatoms. The average molecular weight is 184 g/mol. The summed E-state index contributed by atoms with van der Waals surface area (Å²) < 4.78 is 0. The molecule has 0 radical (unpaired) electrons. The van der Waals surface area contributed by atoms with E-state index in [0.717, 1.165) is 0 Å². The Labute approximate surface area is 71.1 Å². The van der Waals surface area contributed by atoms with E-state index >= 15 is 0 Å². The van der Waals surface area contributed by atoms with Gasteiger partial charge >= 0.3 is 0 Å². The summed E-state index contributed by atoms with van der Waals surface area (Å²) in [7, 11) is 3.42. The number of alkyl halides is 2. The minimum absolute atomic E-state index is 0.0614. The van der Waals surface area contributed by atoms with Crippen LogP contribution in [0, 0.1) is 0 Å². The van der Waals surface area contributed by atoms with Gasteiger partial charge in [-0.2, -0.15) is 0 Å². The number of rotatable bonds is 3. The number of carbonyl (C=O) groups excluding carboxylic acids is 1. The molecule has 0 fully saturated rings. The molecular weight excluding hydrogens is 173 g/mol. The summed E-state index contributed by atoms with van der Waals surface area (Å²) in [5, 5.41) is 0. The van der Waals surface area contributed by atoms with E-state index < -0.39 is 4.84 Å². The maximum Gasteiger partial charge on any atom is 0.222 e. The lowest BCUT2D eigenvalue weighted by Gasteiger charge is -2.09. The Morgan fingerprint density at radius 1 is 1.50 bits per heavy atom. The van der Waals surface area contributed by atoms with Gasteiger partial charge in [0.15, 0.2) is 0 Å². The smallest absolute Gasteiger partial charge is 0.222 e. The van der Waals surface area contributed by atoms with Crippen LogP contribution >= 0.6 is 23.2 Å². The molecule has 0 aliphatic carbocycles. The van der Waals surface area contributed by atoms with Crippen LogP contribution in [0.5, 0.6) is 0 Å². The van der Waals surface area contributed by atoms with Crippen molar-refractivity contribution in [3.8, 4) is 0 Å². The lowest BCUT2D eigenvalue weighted by molar-refractivity contribution is -0.128. The van der Waals surface area contributed by atoms with Gasteiger partial charge in [0.1, 0.15) is 4.84 Å². The molecule has 0 unspecified atom stereocenters. The largest absolute Gasteiger partial charge is 0.349 e. The molecule has 10 heavy (non-hydrogen) atoms. The Bertz CT molecular complexity index is 114. The van der Waals surface area contributed by atoms with Gasteiger partial charge in [-0.05, 0) is 6.42 Å². The second-order valence-corrected chi connectivity index (χ2v) is 3.49. The van der Waals surface area contributed by atoms with Gasteiger partial charge in [-0.15, -0.1) is 23.2 Å². The lowest BCUT2D eigenvalue weighted by atomic mass is 10.3. The van der Waals surface area contributed by atoms with Gasteiger partial charge in [-0.3, -0.25) is 4.79 Å². The van der Waals surface area contributed by atoms with Crippen LogP contribution in [-0.2, 0) is 4.79 Å². The molecule has 0 N–H and O–H groups in total. The molecule has 0 atom stereocenters. The SMILES string of the molecule is CN(C)C(=O)CCC(Cl)Cl. The Morgan fingerprint density at radius 3 is 2.30 bits per heavy atom. The maximum atomic E-state index is 10.9. The van der Waals surface area contributed by atoms with Crippen LogP contribution in [0.25, 0.3) is 0 Å². The molecule has 2 nitrogen and oxygen atoms in total. The third-order valence-electron chi connectivity index (χ3n) is 1.08. The molecule has 0 aliphatic rings. The minimum Gasteiger partial charge on any atom is -0.349 e. The van der Waals surface area contributed by atoms with Gasteiger partial charge in [-0.1, -0.05) is 0 Å². The highest BCUT2D eigenvalue weighted by Gasteiger charge is 2.06. The second-order valence-electron chi connectivity index (χ2n) is 2.22. The van der Waals surface area contributed by atoms with Crippen LogP contribution in [0.4, 0.5) is 0 Å². The number of amides is 1. The molecule has 0 aromatic carbocycles. The molecule has 0 aromatic rings. The average Bonchev–Trinajstić information content (AvgIpc) is 1.82. The number of carbonyl (C=O) groups is 1. The van der Waals surface area contributed by atoms with Crippen LogP contribution in [0.1, 0.15) is 12.8 Å². The molecule has 0 rings (SSSR count). The Morgan fingerprint density at radius 2 is 2.00 bits per heavy atom.